The van der Waals surface area contributed by atoms with Crippen molar-refractivity contribution in [2.24, 2.45) is 0 Å². The van der Waals surface area contributed by atoms with E-state index in [1.807, 2.05) is 6.07 Å². The fraction of sp³-hybridized carbons (Fsp3) is 0.211. The molecule has 1 aliphatic heterocycles. The summed E-state index contributed by atoms with van der Waals surface area (Å²) in [7, 11) is 0. The number of carbonyl (C=O) groups is 3. The Morgan fingerprint density at radius 2 is 1.64 bits per heavy atom. The second-order valence-electron chi connectivity index (χ2n) is 5.99. The molecule has 2 aromatic rings. The molecular formula is C19H19N3O3. The minimum atomic E-state index is -0.217. The van der Waals surface area contributed by atoms with E-state index in [2.05, 4.69) is 16.0 Å². The van der Waals surface area contributed by atoms with E-state index in [0.717, 1.165) is 24.1 Å². The molecule has 3 rings (SSSR count). The van der Waals surface area contributed by atoms with Crippen molar-refractivity contribution in [3.05, 3.63) is 53.6 Å². The molecule has 1 aliphatic rings. The van der Waals surface area contributed by atoms with Crippen LogP contribution in [0.3, 0.4) is 0 Å². The average molecular weight is 337 g/mol. The van der Waals surface area contributed by atoms with Gasteiger partial charge < -0.3 is 16.0 Å². The summed E-state index contributed by atoms with van der Waals surface area (Å²) >= 11 is 0. The second-order valence-corrected chi connectivity index (χ2v) is 5.99. The Bertz CT molecular complexity index is 828. The zero-order chi connectivity index (χ0) is 17.8. The molecule has 0 fully saturated rings. The Morgan fingerprint density at radius 1 is 0.960 bits per heavy atom. The smallest absolute Gasteiger partial charge is 0.255 e. The molecular weight excluding hydrogens is 318 g/mol. The lowest BCUT2D eigenvalue weighted by Gasteiger charge is -2.10. The number of rotatable bonds is 3. The monoisotopic (exact) mass is 337 g/mol. The third-order valence-corrected chi connectivity index (χ3v) is 3.95. The fourth-order valence-electron chi connectivity index (χ4n) is 2.76. The van der Waals surface area contributed by atoms with Crippen LogP contribution in [-0.2, 0) is 16.0 Å². The summed E-state index contributed by atoms with van der Waals surface area (Å²) < 4.78 is 0. The quantitative estimate of drug-likeness (QED) is 0.804. The van der Waals surface area contributed by atoms with Crippen molar-refractivity contribution < 1.29 is 14.4 Å². The number of anilines is 3. The minimum Gasteiger partial charge on any atom is -0.326 e. The molecule has 0 saturated carbocycles. The predicted molar refractivity (Wildman–Crippen MR) is 96.7 cm³/mol. The molecule has 2 aromatic carbocycles. The van der Waals surface area contributed by atoms with Crippen LogP contribution in [0.25, 0.3) is 0 Å². The lowest BCUT2D eigenvalue weighted by atomic mass is 10.0. The predicted octanol–water partition coefficient (Wildman–Crippen LogP) is 3.17. The molecule has 0 atom stereocenters. The van der Waals surface area contributed by atoms with Gasteiger partial charge in [-0.2, -0.15) is 0 Å². The normalized spacial score (nSPS) is 13.2. The van der Waals surface area contributed by atoms with Gasteiger partial charge in [-0.25, -0.2) is 0 Å². The van der Waals surface area contributed by atoms with Gasteiger partial charge in [-0.15, -0.1) is 0 Å². The fourth-order valence-corrected chi connectivity index (χ4v) is 2.76. The Hall–Kier alpha value is -3.15. The number of benzene rings is 2. The van der Waals surface area contributed by atoms with Crippen molar-refractivity contribution in [2.45, 2.75) is 26.2 Å². The molecule has 128 valence electrons. The standard InChI is InChI=1S/C19H19N3O3/c1-12(23)20-15-6-8-16(9-7-15)21-19(25)14-5-10-17-13(11-14)3-2-4-18(24)22-17/h5-11H,2-4H2,1H3,(H,20,23)(H,21,25)(H,22,24). The van der Waals surface area contributed by atoms with Crippen LogP contribution in [0, 0.1) is 0 Å². The van der Waals surface area contributed by atoms with Crippen LogP contribution in [-0.4, -0.2) is 17.7 Å². The van der Waals surface area contributed by atoms with Gasteiger partial charge in [0, 0.05) is 36.0 Å². The van der Waals surface area contributed by atoms with Crippen LogP contribution in [0.4, 0.5) is 17.1 Å². The highest BCUT2D eigenvalue weighted by Crippen LogP contribution is 2.24. The molecule has 3 N–H and O–H groups in total. The number of hydrogen-bond donors (Lipinski definition) is 3. The van der Waals surface area contributed by atoms with Gasteiger partial charge in [0.05, 0.1) is 0 Å². The van der Waals surface area contributed by atoms with Crippen molar-refractivity contribution in [1.82, 2.24) is 0 Å². The molecule has 0 aliphatic carbocycles. The van der Waals surface area contributed by atoms with Crippen molar-refractivity contribution in [2.75, 3.05) is 16.0 Å². The molecule has 0 aromatic heterocycles. The number of aryl methyl sites for hydroxylation is 1. The van der Waals surface area contributed by atoms with Gasteiger partial charge in [0.1, 0.15) is 0 Å². The van der Waals surface area contributed by atoms with E-state index < -0.39 is 0 Å². The Morgan fingerprint density at radius 3 is 2.32 bits per heavy atom. The summed E-state index contributed by atoms with van der Waals surface area (Å²) in [6.45, 7) is 1.44. The van der Waals surface area contributed by atoms with Gasteiger partial charge in [0.2, 0.25) is 11.8 Å². The highest BCUT2D eigenvalue weighted by Gasteiger charge is 2.15. The molecule has 0 radical (unpaired) electrons. The highest BCUT2D eigenvalue weighted by atomic mass is 16.2. The number of amides is 3. The maximum absolute atomic E-state index is 12.4. The highest BCUT2D eigenvalue weighted by molar-refractivity contribution is 6.05. The van der Waals surface area contributed by atoms with E-state index in [9.17, 15) is 14.4 Å². The molecule has 0 saturated heterocycles. The SMILES string of the molecule is CC(=O)Nc1ccc(NC(=O)c2ccc3c(c2)CCCC(=O)N3)cc1. The molecule has 1 heterocycles. The van der Waals surface area contributed by atoms with Crippen molar-refractivity contribution in [3.8, 4) is 0 Å². The van der Waals surface area contributed by atoms with Gasteiger partial charge in [-0.3, -0.25) is 14.4 Å². The van der Waals surface area contributed by atoms with Crippen molar-refractivity contribution >= 4 is 34.8 Å². The molecule has 0 unspecified atom stereocenters. The third kappa shape index (κ3) is 4.23. The average Bonchev–Trinajstić information content (AvgIpc) is 2.76. The number of carbonyl (C=O) groups excluding carboxylic acids is 3. The maximum atomic E-state index is 12.4. The zero-order valence-electron chi connectivity index (χ0n) is 13.9. The summed E-state index contributed by atoms with van der Waals surface area (Å²) in [5.41, 5.74) is 3.60. The van der Waals surface area contributed by atoms with E-state index >= 15 is 0 Å². The van der Waals surface area contributed by atoms with E-state index in [1.165, 1.54) is 6.92 Å². The maximum Gasteiger partial charge on any atom is 0.255 e. The van der Waals surface area contributed by atoms with Crippen LogP contribution in [0.2, 0.25) is 0 Å². The van der Waals surface area contributed by atoms with Gasteiger partial charge in [-0.05, 0) is 60.9 Å². The van der Waals surface area contributed by atoms with E-state index in [1.54, 1.807) is 36.4 Å². The van der Waals surface area contributed by atoms with Crippen LogP contribution in [0.15, 0.2) is 42.5 Å². The topological polar surface area (TPSA) is 87.3 Å². The number of fused-ring (bicyclic) bond motifs is 1. The Balaban J connectivity index is 1.72. The molecule has 6 nitrogen and oxygen atoms in total. The zero-order valence-corrected chi connectivity index (χ0v) is 13.9. The summed E-state index contributed by atoms with van der Waals surface area (Å²) in [6, 6.07) is 12.2. The van der Waals surface area contributed by atoms with Crippen molar-refractivity contribution in [1.29, 1.82) is 0 Å². The minimum absolute atomic E-state index is 0.00946. The van der Waals surface area contributed by atoms with Gasteiger partial charge >= 0.3 is 0 Å². The van der Waals surface area contributed by atoms with E-state index in [-0.39, 0.29) is 17.7 Å². The van der Waals surface area contributed by atoms with Crippen LogP contribution in [0.1, 0.15) is 35.7 Å². The largest absolute Gasteiger partial charge is 0.326 e. The molecule has 6 heteroatoms. The Labute approximate surface area is 145 Å². The summed E-state index contributed by atoms with van der Waals surface area (Å²) in [5.74, 6) is -0.352. The van der Waals surface area contributed by atoms with Gasteiger partial charge in [-0.1, -0.05) is 0 Å². The molecule has 25 heavy (non-hydrogen) atoms. The van der Waals surface area contributed by atoms with Gasteiger partial charge in [0.25, 0.3) is 5.91 Å². The first kappa shape index (κ1) is 16.7. The third-order valence-electron chi connectivity index (χ3n) is 3.95. The number of nitrogens with one attached hydrogen (secondary N) is 3. The van der Waals surface area contributed by atoms with E-state index in [0.29, 0.717) is 23.4 Å². The van der Waals surface area contributed by atoms with E-state index in [4.69, 9.17) is 0 Å². The Kier molecular flexibility index (Phi) is 4.79. The second kappa shape index (κ2) is 7.17. The lowest BCUT2D eigenvalue weighted by molar-refractivity contribution is -0.116. The van der Waals surface area contributed by atoms with Crippen LogP contribution in [0.5, 0.6) is 0 Å². The summed E-state index contributed by atoms with van der Waals surface area (Å²) in [6.07, 6.45) is 2.03. The van der Waals surface area contributed by atoms with Gasteiger partial charge in [0.15, 0.2) is 0 Å². The first-order valence-electron chi connectivity index (χ1n) is 8.13. The molecule has 0 spiro atoms. The molecule has 3 amide bonds. The molecule has 0 bridgehead atoms. The lowest BCUT2D eigenvalue weighted by Crippen LogP contribution is -2.13. The summed E-state index contributed by atoms with van der Waals surface area (Å²) in [4.78, 5) is 35.0. The van der Waals surface area contributed by atoms with Crippen LogP contribution >= 0.6 is 0 Å². The number of hydrogen-bond acceptors (Lipinski definition) is 3. The first-order chi connectivity index (χ1) is 12.0. The van der Waals surface area contributed by atoms with Crippen molar-refractivity contribution in [3.63, 3.8) is 0 Å². The summed E-state index contributed by atoms with van der Waals surface area (Å²) in [5, 5.41) is 8.36. The van der Waals surface area contributed by atoms with Crippen LogP contribution < -0.4 is 16.0 Å². The first-order valence-corrected chi connectivity index (χ1v) is 8.13.